The Bertz CT molecular complexity index is 694. The standard InChI is InChI=1S/C17H23N5O2/c1-3-24-17-14(9-6-10-18-17)16(23)20-12(2)15-21-19-11-22(15)13-7-4-5-8-13/h6,9-13H,3-5,7-8H2,1-2H3,(H,20,23)/t12-/m1/s1. The van der Waals surface area contributed by atoms with Crippen LogP contribution in [0.1, 0.15) is 67.8 Å². The van der Waals surface area contributed by atoms with E-state index in [2.05, 4.69) is 25.1 Å². The minimum atomic E-state index is -0.240. The highest BCUT2D eigenvalue weighted by Crippen LogP contribution is 2.31. The summed E-state index contributed by atoms with van der Waals surface area (Å²) in [5.74, 6) is 0.916. The van der Waals surface area contributed by atoms with Gasteiger partial charge in [0.05, 0.1) is 12.6 Å². The highest BCUT2D eigenvalue weighted by Gasteiger charge is 2.24. The molecule has 1 aliphatic rings. The molecule has 1 aliphatic carbocycles. The van der Waals surface area contributed by atoms with E-state index in [-0.39, 0.29) is 11.9 Å². The van der Waals surface area contributed by atoms with Gasteiger partial charge in [-0.15, -0.1) is 10.2 Å². The molecule has 7 nitrogen and oxygen atoms in total. The first kappa shape index (κ1) is 16.4. The molecule has 0 aliphatic heterocycles. The number of carbonyl (C=O) groups is 1. The second-order valence-electron chi connectivity index (χ2n) is 6.02. The molecule has 2 heterocycles. The van der Waals surface area contributed by atoms with Gasteiger partial charge in [-0.05, 0) is 38.8 Å². The van der Waals surface area contributed by atoms with Crippen molar-refractivity contribution in [3.63, 3.8) is 0 Å². The molecule has 128 valence electrons. The quantitative estimate of drug-likeness (QED) is 0.881. The monoisotopic (exact) mass is 329 g/mol. The first-order chi connectivity index (χ1) is 11.7. The number of ether oxygens (including phenoxy) is 1. The van der Waals surface area contributed by atoms with Crippen molar-refractivity contribution in [2.45, 2.75) is 51.6 Å². The highest BCUT2D eigenvalue weighted by atomic mass is 16.5. The molecule has 1 amide bonds. The number of amides is 1. The fourth-order valence-corrected chi connectivity index (χ4v) is 3.18. The molecule has 1 saturated carbocycles. The molecule has 24 heavy (non-hydrogen) atoms. The Morgan fingerprint density at radius 3 is 3.00 bits per heavy atom. The lowest BCUT2D eigenvalue weighted by molar-refractivity contribution is 0.0932. The van der Waals surface area contributed by atoms with Crippen LogP contribution < -0.4 is 10.1 Å². The summed E-state index contributed by atoms with van der Waals surface area (Å²) >= 11 is 0. The van der Waals surface area contributed by atoms with Crippen LogP contribution in [0.3, 0.4) is 0 Å². The van der Waals surface area contributed by atoms with Crippen molar-refractivity contribution in [2.75, 3.05) is 6.61 Å². The molecule has 2 aromatic heterocycles. The van der Waals surface area contributed by atoms with E-state index in [9.17, 15) is 4.79 Å². The molecule has 7 heteroatoms. The van der Waals surface area contributed by atoms with Crippen molar-refractivity contribution in [3.8, 4) is 5.88 Å². The SMILES string of the molecule is CCOc1ncccc1C(=O)N[C@H](C)c1nncn1C1CCCC1. The normalized spacial score (nSPS) is 16.1. The second kappa shape index (κ2) is 7.42. The third-order valence-corrected chi connectivity index (χ3v) is 4.35. The Balaban J connectivity index is 1.74. The topological polar surface area (TPSA) is 81.9 Å². The number of pyridine rings is 1. The fourth-order valence-electron chi connectivity index (χ4n) is 3.18. The summed E-state index contributed by atoms with van der Waals surface area (Å²) in [6.45, 7) is 4.25. The van der Waals surface area contributed by atoms with E-state index in [4.69, 9.17) is 4.74 Å². The number of carbonyl (C=O) groups excluding carboxylic acids is 1. The van der Waals surface area contributed by atoms with Crippen molar-refractivity contribution < 1.29 is 9.53 Å². The van der Waals surface area contributed by atoms with Crippen LogP contribution in [0.2, 0.25) is 0 Å². The molecule has 2 aromatic rings. The van der Waals surface area contributed by atoms with Crippen molar-refractivity contribution in [2.24, 2.45) is 0 Å². The molecule has 0 radical (unpaired) electrons. The van der Waals surface area contributed by atoms with Gasteiger partial charge < -0.3 is 14.6 Å². The number of hydrogen-bond acceptors (Lipinski definition) is 5. The summed E-state index contributed by atoms with van der Waals surface area (Å²) in [6, 6.07) is 3.63. The summed E-state index contributed by atoms with van der Waals surface area (Å²) in [7, 11) is 0. The lowest BCUT2D eigenvalue weighted by Crippen LogP contribution is -2.29. The maximum atomic E-state index is 12.6. The van der Waals surface area contributed by atoms with Crippen LogP contribution in [0, 0.1) is 0 Å². The van der Waals surface area contributed by atoms with Crippen molar-refractivity contribution in [1.82, 2.24) is 25.1 Å². The van der Waals surface area contributed by atoms with E-state index in [0.29, 0.717) is 24.1 Å². The van der Waals surface area contributed by atoms with Crippen LogP contribution in [0.25, 0.3) is 0 Å². The van der Waals surface area contributed by atoms with Gasteiger partial charge in [0, 0.05) is 12.2 Å². The number of hydrogen-bond donors (Lipinski definition) is 1. The molecule has 3 rings (SSSR count). The number of nitrogens with zero attached hydrogens (tertiary/aromatic N) is 4. The van der Waals surface area contributed by atoms with Crippen molar-refractivity contribution in [3.05, 3.63) is 36.0 Å². The van der Waals surface area contributed by atoms with E-state index in [1.165, 1.54) is 12.8 Å². The third-order valence-electron chi connectivity index (χ3n) is 4.35. The van der Waals surface area contributed by atoms with Gasteiger partial charge in [-0.2, -0.15) is 0 Å². The number of nitrogens with one attached hydrogen (secondary N) is 1. The Labute approximate surface area is 141 Å². The van der Waals surface area contributed by atoms with Gasteiger partial charge in [0.25, 0.3) is 5.91 Å². The van der Waals surface area contributed by atoms with Gasteiger partial charge in [0.1, 0.15) is 11.9 Å². The minimum absolute atomic E-state index is 0.222. The van der Waals surface area contributed by atoms with E-state index in [1.54, 1.807) is 24.7 Å². The minimum Gasteiger partial charge on any atom is -0.477 e. The Hall–Kier alpha value is -2.44. The molecule has 0 aromatic carbocycles. The predicted octanol–water partition coefficient (Wildman–Crippen LogP) is 2.68. The van der Waals surface area contributed by atoms with Crippen LogP contribution >= 0.6 is 0 Å². The maximum Gasteiger partial charge on any atom is 0.257 e. The van der Waals surface area contributed by atoms with Gasteiger partial charge in [-0.25, -0.2) is 4.98 Å². The molecule has 0 unspecified atom stereocenters. The average molecular weight is 329 g/mol. The van der Waals surface area contributed by atoms with Gasteiger partial charge >= 0.3 is 0 Å². The third kappa shape index (κ3) is 3.39. The lowest BCUT2D eigenvalue weighted by Gasteiger charge is -2.19. The first-order valence-corrected chi connectivity index (χ1v) is 8.48. The zero-order valence-corrected chi connectivity index (χ0v) is 14.1. The zero-order chi connectivity index (χ0) is 16.9. The molecular formula is C17H23N5O2. The van der Waals surface area contributed by atoms with E-state index < -0.39 is 0 Å². The van der Waals surface area contributed by atoms with E-state index >= 15 is 0 Å². The summed E-state index contributed by atoms with van der Waals surface area (Å²) in [5, 5.41) is 11.2. The highest BCUT2D eigenvalue weighted by molar-refractivity contribution is 5.96. The fraction of sp³-hybridized carbons (Fsp3) is 0.529. The maximum absolute atomic E-state index is 12.6. The summed E-state index contributed by atoms with van der Waals surface area (Å²) < 4.78 is 7.53. The summed E-state index contributed by atoms with van der Waals surface area (Å²) in [6.07, 6.45) is 8.13. The van der Waals surface area contributed by atoms with Crippen LogP contribution in [0.15, 0.2) is 24.7 Å². The molecule has 0 spiro atoms. The van der Waals surface area contributed by atoms with Crippen LogP contribution in [-0.2, 0) is 0 Å². The van der Waals surface area contributed by atoms with Gasteiger partial charge in [-0.1, -0.05) is 12.8 Å². The summed E-state index contributed by atoms with van der Waals surface area (Å²) in [5.41, 5.74) is 0.429. The predicted molar refractivity (Wildman–Crippen MR) is 88.8 cm³/mol. The Morgan fingerprint density at radius 2 is 2.25 bits per heavy atom. The zero-order valence-electron chi connectivity index (χ0n) is 14.1. The van der Waals surface area contributed by atoms with Crippen LogP contribution in [0.4, 0.5) is 0 Å². The largest absolute Gasteiger partial charge is 0.477 e. The molecular weight excluding hydrogens is 306 g/mol. The smallest absolute Gasteiger partial charge is 0.257 e. The Morgan fingerprint density at radius 1 is 1.46 bits per heavy atom. The van der Waals surface area contributed by atoms with Crippen molar-refractivity contribution >= 4 is 5.91 Å². The van der Waals surface area contributed by atoms with Gasteiger partial charge in [-0.3, -0.25) is 4.79 Å². The molecule has 1 fully saturated rings. The van der Waals surface area contributed by atoms with Crippen LogP contribution in [0.5, 0.6) is 5.88 Å². The molecule has 1 atom stereocenters. The lowest BCUT2D eigenvalue weighted by atomic mass is 10.2. The van der Waals surface area contributed by atoms with Crippen molar-refractivity contribution in [1.29, 1.82) is 0 Å². The van der Waals surface area contributed by atoms with E-state index in [0.717, 1.165) is 18.7 Å². The van der Waals surface area contributed by atoms with Gasteiger partial charge in [0.15, 0.2) is 5.82 Å². The van der Waals surface area contributed by atoms with Gasteiger partial charge in [0.2, 0.25) is 5.88 Å². The number of aromatic nitrogens is 4. The molecule has 0 saturated heterocycles. The molecule has 0 bridgehead atoms. The van der Waals surface area contributed by atoms with E-state index in [1.807, 2.05) is 13.8 Å². The Kier molecular flexibility index (Phi) is 5.08. The van der Waals surface area contributed by atoms with Crippen LogP contribution in [-0.4, -0.2) is 32.3 Å². The first-order valence-electron chi connectivity index (χ1n) is 8.48. The second-order valence-corrected chi connectivity index (χ2v) is 6.02. The summed E-state index contributed by atoms with van der Waals surface area (Å²) in [4.78, 5) is 16.7. The molecule has 1 N–H and O–H groups in total. The number of rotatable bonds is 6. The average Bonchev–Trinajstić information content (AvgIpc) is 3.26.